The number of thiazole rings is 1. The quantitative estimate of drug-likeness (QED) is 0.902. The molecule has 0 saturated heterocycles. The van der Waals surface area contributed by atoms with Gasteiger partial charge < -0.3 is 10.1 Å². The van der Waals surface area contributed by atoms with Crippen molar-refractivity contribution in [3.63, 3.8) is 0 Å². The highest BCUT2D eigenvalue weighted by Crippen LogP contribution is 2.33. The first-order valence-corrected chi connectivity index (χ1v) is 7.62. The first-order chi connectivity index (χ1) is 9.43. The van der Waals surface area contributed by atoms with Crippen molar-refractivity contribution in [1.82, 2.24) is 4.98 Å². The first-order valence-electron chi connectivity index (χ1n) is 6.01. The van der Waals surface area contributed by atoms with Crippen LogP contribution in [0.3, 0.4) is 0 Å². The highest BCUT2D eigenvalue weighted by atomic mass is 79.9. The van der Waals surface area contributed by atoms with Crippen molar-refractivity contribution in [2.45, 2.75) is 20.8 Å². The number of methoxy groups -OCH3 is 1. The second kappa shape index (κ2) is 5.93. The van der Waals surface area contributed by atoms with E-state index in [1.807, 2.05) is 26.8 Å². The summed E-state index contributed by atoms with van der Waals surface area (Å²) in [6, 6.07) is 2.00. The molecule has 1 aromatic carbocycles. The predicted octanol–water partition coefficient (Wildman–Crippen LogP) is 4.09. The second-order valence-corrected chi connectivity index (χ2v) is 6.78. The lowest BCUT2D eigenvalue weighted by molar-refractivity contribution is 0.103. The number of rotatable bonds is 3. The van der Waals surface area contributed by atoms with Crippen LogP contribution in [-0.2, 0) is 0 Å². The van der Waals surface area contributed by atoms with Gasteiger partial charge in [-0.3, -0.25) is 4.79 Å². The zero-order valence-corrected chi connectivity index (χ0v) is 14.1. The number of carbonyl (C=O) groups excluding carboxylic acids is 1. The maximum absolute atomic E-state index is 12.2. The fourth-order valence-electron chi connectivity index (χ4n) is 2.21. The van der Waals surface area contributed by atoms with Crippen LogP contribution in [0.4, 0.5) is 5.69 Å². The minimum Gasteiger partial charge on any atom is -0.496 e. The maximum Gasteiger partial charge on any atom is 0.267 e. The summed E-state index contributed by atoms with van der Waals surface area (Å²) in [5.74, 6) is 0.640. The molecule has 0 aliphatic carbocycles. The van der Waals surface area contributed by atoms with E-state index in [-0.39, 0.29) is 5.91 Å². The van der Waals surface area contributed by atoms with E-state index in [2.05, 4.69) is 26.2 Å². The van der Waals surface area contributed by atoms with E-state index in [4.69, 9.17) is 4.74 Å². The molecule has 1 heterocycles. The van der Waals surface area contributed by atoms with Gasteiger partial charge in [-0.1, -0.05) is 6.07 Å². The van der Waals surface area contributed by atoms with Crippen LogP contribution in [0.1, 0.15) is 26.4 Å². The predicted molar refractivity (Wildman–Crippen MR) is 85.0 cm³/mol. The summed E-state index contributed by atoms with van der Waals surface area (Å²) in [5.41, 5.74) is 3.79. The molecule has 0 fully saturated rings. The molecule has 1 N–H and O–H groups in total. The molecule has 1 amide bonds. The summed E-state index contributed by atoms with van der Waals surface area (Å²) < 4.78 is 6.09. The minimum absolute atomic E-state index is 0.162. The zero-order chi connectivity index (χ0) is 14.9. The lowest BCUT2D eigenvalue weighted by Gasteiger charge is -2.16. The standard InChI is InChI=1S/C14H15BrN2O2S/c1-7-5-8(2)12(19-4)9(3)11(7)17-13(18)10-6-16-14(15)20-10/h5-6H,1-4H3,(H,17,18). The lowest BCUT2D eigenvalue weighted by Crippen LogP contribution is -2.13. The van der Waals surface area contributed by atoms with Gasteiger partial charge in [0, 0.05) is 5.56 Å². The van der Waals surface area contributed by atoms with Gasteiger partial charge in [-0.15, -0.1) is 11.3 Å². The Bertz CT molecular complexity index is 667. The van der Waals surface area contributed by atoms with Crippen LogP contribution in [0.25, 0.3) is 0 Å². The lowest BCUT2D eigenvalue weighted by atomic mass is 10.0. The number of ether oxygens (including phenoxy) is 1. The molecule has 0 aliphatic heterocycles. The summed E-state index contributed by atoms with van der Waals surface area (Å²) >= 11 is 4.56. The van der Waals surface area contributed by atoms with Gasteiger partial charge in [0.1, 0.15) is 10.6 Å². The number of anilines is 1. The van der Waals surface area contributed by atoms with Gasteiger partial charge in [-0.2, -0.15) is 0 Å². The van der Waals surface area contributed by atoms with Gasteiger partial charge >= 0.3 is 0 Å². The van der Waals surface area contributed by atoms with E-state index in [0.717, 1.165) is 28.1 Å². The Morgan fingerprint density at radius 3 is 2.60 bits per heavy atom. The Balaban J connectivity index is 2.36. The number of nitrogens with zero attached hydrogens (tertiary/aromatic N) is 1. The van der Waals surface area contributed by atoms with Gasteiger partial charge in [-0.25, -0.2) is 4.98 Å². The van der Waals surface area contributed by atoms with Gasteiger partial charge in [0.25, 0.3) is 5.91 Å². The van der Waals surface area contributed by atoms with Crippen molar-refractivity contribution >= 4 is 38.9 Å². The molecule has 6 heteroatoms. The molecule has 0 unspecified atom stereocenters. The summed E-state index contributed by atoms with van der Waals surface area (Å²) in [6.07, 6.45) is 1.56. The summed E-state index contributed by atoms with van der Waals surface area (Å²) in [4.78, 5) is 16.8. The highest BCUT2D eigenvalue weighted by molar-refractivity contribution is 9.11. The number of aromatic nitrogens is 1. The maximum atomic E-state index is 12.2. The van der Waals surface area contributed by atoms with E-state index >= 15 is 0 Å². The van der Waals surface area contributed by atoms with Crippen LogP contribution in [0.5, 0.6) is 5.75 Å². The number of hydrogen-bond donors (Lipinski definition) is 1. The molecule has 20 heavy (non-hydrogen) atoms. The number of halogens is 1. The molecule has 0 radical (unpaired) electrons. The van der Waals surface area contributed by atoms with Gasteiger partial charge in [0.2, 0.25) is 0 Å². The molecule has 4 nitrogen and oxygen atoms in total. The Morgan fingerprint density at radius 2 is 2.05 bits per heavy atom. The number of amides is 1. The van der Waals surface area contributed by atoms with Crippen molar-refractivity contribution in [1.29, 1.82) is 0 Å². The number of nitrogens with one attached hydrogen (secondary N) is 1. The van der Waals surface area contributed by atoms with Crippen LogP contribution in [0, 0.1) is 20.8 Å². The number of hydrogen-bond acceptors (Lipinski definition) is 4. The van der Waals surface area contributed by atoms with E-state index in [9.17, 15) is 4.79 Å². The number of benzene rings is 1. The van der Waals surface area contributed by atoms with Crippen molar-refractivity contribution in [2.24, 2.45) is 0 Å². The SMILES string of the molecule is COc1c(C)cc(C)c(NC(=O)c2cnc(Br)s2)c1C. The molecule has 0 atom stereocenters. The van der Waals surface area contributed by atoms with Crippen LogP contribution >= 0.6 is 27.3 Å². The first kappa shape index (κ1) is 15.0. The zero-order valence-electron chi connectivity index (χ0n) is 11.7. The van der Waals surface area contributed by atoms with Crippen LogP contribution < -0.4 is 10.1 Å². The fraction of sp³-hybridized carbons (Fsp3) is 0.286. The third-order valence-corrected chi connectivity index (χ3v) is 4.52. The summed E-state index contributed by atoms with van der Waals surface area (Å²) in [5, 5.41) is 2.94. The fourth-order valence-corrected chi connectivity index (χ4v) is 3.37. The molecular weight excluding hydrogens is 340 g/mol. The molecule has 0 bridgehead atoms. The van der Waals surface area contributed by atoms with Crippen LogP contribution in [0.15, 0.2) is 16.2 Å². The monoisotopic (exact) mass is 354 g/mol. The van der Waals surface area contributed by atoms with Gasteiger partial charge in [0.05, 0.1) is 19.0 Å². The van der Waals surface area contributed by atoms with Gasteiger partial charge in [0.15, 0.2) is 3.92 Å². The molecule has 0 aliphatic rings. The van der Waals surface area contributed by atoms with E-state index in [1.165, 1.54) is 11.3 Å². The molecular formula is C14H15BrN2O2S. The molecule has 0 spiro atoms. The Labute approximate surface area is 130 Å². The van der Waals surface area contributed by atoms with Crippen molar-refractivity contribution in [2.75, 3.05) is 12.4 Å². The Morgan fingerprint density at radius 1 is 1.35 bits per heavy atom. The van der Waals surface area contributed by atoms with Crippen molar-refractivity contribution < 1.29 is 9.53 Å². The summed E-state index contributed by atoms with van der Waals surface area (Å²) in [6.45, 7) is 5.90. The van der Waals surface area contributed by atoms with E-state index in [0.29, 0.717) is 8.79 Å². The second-order valence-electron chi connectivity index (χ2n) is 4.48. The molecule has 0 saturated carbocycles. The normalized spacial score (nSPS) is 10.4. The minimum atomic E-state index is -0.162. The van der Waals surface area contributed by atoms with Crippen molar-refractivity contribution in [3.8, 4) is 5.75 Å². The topological polar surface area (TPSA) is 51.2 Å². The molecule has 106 valence electrons. The van der Waals surface area contributed by atoms with Crippen molar-refractivity contribution in [3.05, 3.63) is 37.7 Å². The largest absolute Gasteiger partial charge is 0.496 e. The van der Waals surface area contributed by atoms with Crippen LogP contribution in [-0.4, -0.2) is 18.0 Å². The third kappa shape index (κ3) is 2.86. The average molecular weight is 355 g/mol. The Hall–Kier alpha value is -1.40. The van der Waals surface area contributed by atoms with Crippen LogP contribution in [0.2, 0.25) is 0 Å². The average Bonchev–Trinajstić information content (AvgIpc) is 2.81. The molecule has 2 aromatic rings. The third-order valence-electron chi connectivity index (χ3n) is 3.05. The number of carbonyl (C=O) groups is 1. The number of aryl methyl sites for hydroxylation is 2. The van der Waals surface area contributed by atoms with Gasteiger partial charge in [-0.05, 0) is 47.8 Å². The molecule has 2 rings (SSSR count). The molecule has 1 aromatic heterocycles. The van der Waals surface area contributed by atoms with E-state index < -0.39 is 0 Å². The summed E-state index contributed by atoms with van der Waals surface area (Å²) in [7, 11) is 1.64. The van der Waals surface area contributed by atoms with E-state index in [1.54, 1.807) is 13.3 Å². The highest BCUT2D eigenvalue weighted by Gasteiger charge is 2.16. The Kier molecular flexibility index (Phi) is 4.45. The smallest absolute Gasteiger partial charge is 0.267 e.